The van der Waals surface area contributed by atoms with Crippen LogP contribution in [-0.2, 0) is 18.4 Å². The quantitative estimate of drug-likeness (QED) is 0.376. The molecule has 2 aliphatic rings. The number of carbonyl (C=O) groups is 2. The number of likely N-dealkylation sites (tertiary alicyclic amines) is 1. The predicted octanol–water partition coefficient (Wildman–Crippen LogP) is 3.31. The number of para-hydroxylation sites is 1. The number of aromatic nitrogens is 1. The standard InChI is InChI=1S/C25H25N3O4/c1-27-14-18(19-4-2-3-5-21(19)27)15-28-11-10-25(16-28)13-22(29)20-12-17(6-8-23(20)32-25)7-9-24(30)26-31/h2-9,12,14,31H,10-11,13,15-16H2,1H3,(H,26,30). The van der Waals surface area contributed by atoms with E-state index in [4.69, 9.17) is 9.94 Å². The maximum atomic E-state index is 13.0. The number of ketones is 1. The minimum atomic E-state index is -0.624. The maximum Gasteiger partial charge on any atom is 0.267 e. The van der Waals surface area contributed by atoms with E-state index in [2.05, 4.69) is 47.0 Å². The van der Waals surface area contributed by atoms with E-state index in [1.165, 1.54) is 22.5 Å². The van der Waals surface area contributed by atoms with Crippen LogP contribution < -0.4 is 10.2 Å². The first-order chi connectivity index (χ1) is 15.5. The number of aryl methyl sites for hydroxylation is 1. The van der Waals surface area contributed by atoms with Gasteiger partial charge in [-0.25, -0.2) is 5.48 Å². The second kappa shape index (κ2) is 7.93. The van der Waals surface area contributed by atoms with Crippen molar-refractivity contribution in [1.82, 2.24) is 14.9 Å². The number of nitrogens with zero attached hydrogens (tertiary/aromatic N) is 2. The normalized spacial score (nSPS) is 20.8. The third-order valence-electron chi connectivity index (χ3n) is 6.42. The fourth-order valence-corrected chi connectivity index (χ4v) is 4.91. The second-order valence-electron chi connectivity index (χ2n) is 8.69. The van der Waals surface area contributed by atoms with Crippen molar-refractivity contribution in [2.45, 2.75) is 25.0 Å². The van der Waals surface area contributed by atoms with Crippen molar-refractivity contribution < 1.29 is 19.5 Å². The van der Waals surface area contributed by atoms with Crippen molar-refractivity contribution in [3.63, 3.8) is 0 Å². The van der Waals surface area contributed by atoms with Crippen LogP contribution in [0.25, 0.3) is 17.0 Å². The Kier molecular flexibility index (Phi) is 5.07. The Morgan fingerprint density at radius 3 is 2.97 bits per heavy atom. The molecule has 5 rings (SSSR count). The topological polar surface area (TPSA) is 83.8 Å². The van der Waals surface area contributed by atoms with E-state index in [1.54, 1.807) is 29.8 Å². The largest absolute Gasteiger partial charge is 0.485 e. The van der Waals surface area contributed by atoms with E-state index in [9.17, 15) is 9.59 Å². The first-order valence-corrected chi connectivity index (χ1v) is 10.7. The highest BCUT2D eigenvalue weighted by Crippen LogP contribution is 2.40. The Bertz CT molecular complexity index is 1250. The molecule has 1 amide bonds. The van der Waals surface area contributed by atoms with Crippen LogP contribution in [0.5, 0.6) is 5.75 Å². The number of nitrogens with one attached hydrogen (secondary N) is 1. The molecule has 1 aromatic heterocycles. The van der Waals surface area contributed by atoms with Gasteiger partial charge in [0.05, 0.1) is 12.0 Å². The molecule has 2 aromatic carbocycles. The molecule has 7 nitrogen and oxygen atoms in total. The molecule has 1 fully saturated rings. The number of Topliss-reactive ketones (excluding diaryl/α,β-unsaturated/α-hetero) is 1. The number of hydrogen-bond acceptors (Lipinski definition) is 5. The molecule has 164 valence electrons. The number of benzene rings is 2. The minimum absolute atomic E-state index is 0.0557. The fourth-order valence-electron chi connectivity index (χ4n) is 4.91. The lowest BCUT2D eigenvalue weighted by atomic mass is 9.88. The summed E-state index contributed by atoms with van der Waals surface area (Å²) in [4.78, 5) is 26.6. The summed E-state index contributed by atoms with van der Waals surface area (Å²) in [7, 11) is 2.07. The zero-order chi connectivity index (χ0) is 22.3. The molecule has 0 aliphatic carbocycles. The van der Waals surface area contributed by atoms with Gasteiger partial charge >= 0.3 is 0 Å². The third kappa shape index (κ3) is 3.70. The monoisotopic (exact) mass is 431 g/mol. The number of carbonyl (C=O) groups excluding carboxylic acids is 2. The minimum Gasteiger partial charge on any atom is -0.485 e. The van der Waals surface area contributed by atoms with Gasteiger partial charge in [-0.3, -0.25) is 19.7 Å². The first-order valence-electron chi connectivity index (χ1n) is 10.7. The predicted molar refractivity (Wildman–Crippen MR) is 121 cm³/mol. The number of amides is 1. The molecule has 0 saturated carbocycles. The number of ether oxygens (including phenoxy) is 1. The highest BCUT2D eigenvalue weighted by molar-refractivity contribution is 6.01. The maximum absolute atomic E-state index is 13.0. The molecule has 0 radical (unpaired) electrons. The van der Waals surface area contributed by atoms with Crippen LogP contribution >= 0.6 is 0 Å². The van der Waals surface area contributed by atoms with E-state index >= 15 is 0 Å². The Morgan fingerprint density at radius 2 is 2.12 bits per heavy atom. The number of fused-ring (bicyclic) bond motifs is 2. The van der Waals surface area contributed by atoms with E-state index in [0.717, 1.165) is 19.5 Å². The lowest BCUT2D eigenvalue weighted by Gasteiger charge is -2.35. The molecule has 2 aliphatic heterocycles. The molecule has 0 bridgehead atoms. The Hall–Kier alpha value is -3.42. The molecule has 7 heteroatoms. The van der Waals surface area contributed by atoms with Crippen LogP contribution in [-0.4, -0.2) is 45.1 Å². The molecule has 3 aromatic rings. The number of hydroxylamine groups is 1. The summed E-state index contributed by atoms with van der Waals surface area (Å²) in [6.07, 6.45) is 6.09. The van der Waals surface area contributed by atoms with Crippen LogP contribution in [0.15, 0.2) is 54.7 Å². The van der Waals surface area contributed by atoms with Gasteiger partial charge in [0.1, 0.15) is 11.4 Å². The average molecular weight is 431 g/mol. The smallest absolute Gasteiger partial charge is 0.267 e. The summed E-state index contributed by atoms with van der Waals surface area (Å²) in [5.41, 5.74) is 4.79. The number of hydrogen-bond donors (Lipinski definition) is 2. The molecular formula is C25H25N3O4. The van der Waals surface area contributed by atoms with Crippen molar-refractivity contribution >= 4 is 28.7 Å². The van der Waals surface area contributed by atoms with Gasteiger partial charge in [0.2, 0.25) is 0 Å². The van der Waals surface area contributed by atoms with Gasteiger partial charge in [-0.2, -0.15) is 0 Å². The highest BCUT2D eigenvalue weighted by Gasteiger charge is 2.45. The summed E-state index contributed by atoms with van der Waals surface area (Å²) in [5, 5.41) is 9.86. The van der Waals surface area contributed by atoms with Crippen molar-refractivity contribution in [3.8, 4) is 5.75 Å². The van der Waals surface area contributed by atoms with Crippen LogP contribution in [0.4, 0.5) is 0 Å². The van der Waals surface area contributed by atoms with Crippen LogP contribution in [0, 0.1) is 0 Å². The van der Waals surface area contributed by atoms with Gasteiger partial charge in [-0.15, -0.1) is 0 Å². The molecule has 1 atom stereocenters. The zero-order valence-corrected chi connectivity index (χ0v) is 17.9. The molecule has 1 spiro atoms. The van der Waals surface area contributed by atoms with Gasteiger partial charge in [0.15, 0.2) is 5.78 Å². The third-order valence-corrected chi connectivity index (χ3v) is 6.42. The van der Waals surface area contributed by atoms with Crippen molar-refractivity contribution in [1.29, 1.82) is 0 Å². The molecule has 1 saturated heterocycles. The molecule has 2 N–H and O–H groups in total. The summed E-state index contributed by atoms with van der Waals surface area (Å²) >= 11 is 0. The Morgan fingerprint density at radius 1 is 1.28 bits per heavy atom. The summed E-state index contributed by atoms with van der Waals surface area (Å²) < 4.78 is 8.56. The van der Waals surface area contributed by atoms with E-state index in [-0.39, 0.29) is 5.78 Å². The highest BCUT2D eigenvalue weighted by atomic mass is 16.5. The Labute approximate surface area is 185 Å². The van der Waals surface area contributed by atoms with Crippen LogP contribution in [0.1, 0.15) is 34.3 Å². The molecule has 1 unspecified atom stereocenters. The summed E-state index contributed by atoms with van der Waals surface area (Å²) in [6, 6.07) is 13.7. The molecular weight excluding hydrogens is 406 g/mol. The Balaban J connectivity index is 1.33. The lowest BCUT2D eigenvalue weighted by molar-refractivity contribution is -0.124. The van der Waals surface area contributed by atoms with Crippen LogP contribution in [0.3, 0.4) is 0 Å². The average Bonchev–Trinajstić information content (AvgIpc) is 3.33. The van der Waals surface area contributed by atoms with Crippen LogP contribution in [0.2, 0.25) is 0 Å². The van der Waals surface area contributed by atoms with Gasteiger partial charge in [0, 0.05) is 56.3 Å². The van der Waals surface area contributed by atoms with Crippen molar-refractivity contribution in [2.75, 3.05) is 13.1 Å². The van der Waals surface area contributed by atoms with Gasteiger partial charge in [-0.1, -0.05) is 24.3 Å². The summed E-state index contributed by atoms with van der Waals surface area (Å²) in [6.45, 7) is 2.41. The van der Waals surface area contributed by atoms with Gasteiger partial charge in [0.25, 0.3) is 5.91 Å². The summed E-state index contributed by atoms with van der Waals surface area (Å²) in [5.74, 6) is 0.0265. The lowest BCUT2D eigenvalue weighted by Crippen LogP contribution is -2.44. The molecule has 32 heavy (non-hydrogen) atoms. The fraction of sp³-hybridized carbons (Fsp3) is 0.280. The number of rotatable bonds is 4. The SMILES string of the molecule is Cn1cc(CN2CCC3(CC(=O)c4cc(C=CC(=O)NO)ccc4O3)C2)c2ccccc21. The molecule has 3 heterocycles. The van der Waals surface area contributed by atoms with Crippen molar-refractivity contribution in [3.05, 3.63) is 71.4 Å². The second-order valence-corrected chi connectivity index (χ2v) is 8.69. The van der Waals surface area contributed by atoms with Gasteiger partial charge in [-0.05, 0) is 35.4 Å². The first kappa shape index (κ1) is 20.5. The van der Waals surface area contributed by atoms with E-state index in [0.29, 0.717) is 29.8 Å². The van der Waals surface area contributed by atoms with E-state index < -0.39 is 11.5 Å². The van der Waals surface area contributed by atoms with E-state index in [1.807, 2.05) is 0 Å². The zero-order valence-electron chi connectivity index (χ0n) is 17.9. The van der Waals surface area contributed by atoms with Gasteiger partial charge < -0.3 is 9.30 Å². The van der Waals surface area contributed by atoms with Crippen molar-refractivity contribution in [2.24, 2.45) is 7.05 Å².